The van der Waals surface area contributed by atoms with Crippen LogP contribution < -0.4 is 5.43 Å². The van der Waals surface area contributed by atoms with Crippen LogP contribution in [-0.4, -0.2) is 59.5 Å². The predicted molar refractivity (Wildman–Crippen MR) is 125 cm³/mol. The molecule has 0 aliphatic carbocycles. The minimum Gasteiger partial charge on any atom is -0.503 e. The molecule has 1 saturated heterocycles. The van der Waals surface area contributed by atoms with E-state index in [1.54, 1.807) is 0 Å². The van der Waals surface area contributed by atoms with Crippen molar-refractivity contribution in [2.24, 2.45) is 0 Å². The Morgan fingerprint density at radius 2 is 1.89 bits per heavy atom. The number of halogens is 3. The molecule has 37 heavy (non-hydrogen) atoms. The lowest BCUT2D eigenvalue weighted by molar-refractivity contribution is 0.0525. The molecule has 1 amide bonds. The highest BCUT2D eigenvalue weighted by molar-refractivity contribution is 7.86. The summed E-state index contributed by atoms with van der Waals surface area (Å²) in [6, 6.07) is 7.03. The SMILES string of the molecule is CS(=O)(=O)OC(C(c1ccc(F)cc1)c1cccc(F)c1F)[C@H]1CCCN1C(=O)c1n[nH]cc(O)c1=O. The third-order valence-corrected chi connectivity index (χ3v) is 6.70. The van der Waals surface area contributed by atoms with Crippen LogP contribution in [0, 0.1) is 17.5 Å². The number of amides is 1. The zero-order chi connectivity index (χ0) is 26.9. The molecule has 196 valence electrons. The van der Waals surface area contributed by atoms with Crippen molar-refractivity contribution < 1.29 is 35.7 Å². The summed E-state index contributed by atoms with van der Waals surface area (Å²) in [6.07, 6.45) is 0.704. The van der Waals surface area contributed by atoms with Crippen LogP contribution >= 0.6 is 0 Å². The van der Waals surface area contributed by atoms with E-state index in [2.05, 4.69) is 10.2 Å². The van der Waals surface area contributed by atoms with Gasteiger partial charge in [0.05, 0.1) is 18.5 Å². The fraction of sp³-hybridized carbons (Fsp3) is 0.292. The number of aromatic hydroxyl groups is 1. The summed E-state index contributed by atoms with van der Waals surface area (Å²) in [4.78, 5) is 26.8. The standard InChI is InChI=1S/C24H22F3N3O6S/c1-37(34,35)36-23(17-6-3-11-30(17)24(33)21-22(32)18(31)12-28-29-21)19(13-7-9-14(25)10-8-13)15-4-2-5-16(26)20(15)27/h2,4-5,7-10,12,17,19,23H,3,6,11H2,1H3,(H,28,32)(H,29,31)/t17-,19?,23?/m1/s1. The summed E-state index contributed by atoms with van der Waals surface area (Å²) in [5, 5.41) is 15.6. The van der Waals surface area contributed by atoms with Gasteiger partial charge in [-0.05, 0) is 36.6 Å². The number of likely N-dealkylation sites (tertiary alicyclic amines) is 1. The molecular weight excluding hydrogens is 515 g/mol. The Balaban J connectivity index is 1.88. The smallest absolute Gasteiger partial charge is 0.278 e. The quantitative estimate of drug-likeness (QED) is 0.444. The summed E-state index contributed by atoms with van der Waals surface area (Å²) >= 11 is 0. The molecule has 4 rings (SSSR count). The Kier molecular flexibility index (Phi) is 7.37. The average Bonchev–Trinajstić information content (AvgIpc) is 3.33. The molecule has 9 nitrogen and oxygen atoms in total. The molecule has 1 aliphatic heterocycles. The van der Waals surface area contributed by atoms with Crippen LogP contribution in [0.2, 0.25) is 0 Å². The number of hydrogen-bond donors (Lipinski definition) is 2. The Bertz CT molecular complexity index is 1480. The molecule has 13 heteroatoms. The average molecular weight is 538 g/mol. The fourth-order valence-electron chi connectivity index (χ4n) is 4.58. The molecule has 2 N–H and O–H groups in total. The molecule has 1 fully saturated rings. The van der Waals surface area contributed by atoms with Crippen LogP contribution in [0.15, 0.2) is 53.5 Å². The van der Waals surface area contributed by atoms with Gasteiger partial charge in [0, 0.05) is 18.0 Å². The summed E-state index contributed by atoms with van der Waals surface area (Å²) < 4.78 is 73.2. The lowest BCUT2D eigenvalue weighted by atomic mass is 9.82. The van der Waals surface area contributed by atoms with Crippen molar-refractivity contribution in [1.29, 1.82) is 0 Å². The number of aromatic amines is 1. The van der Waals surface area contributed by atoms with Gasteiger partial charge in [-0.25, -0.2) is 13.2 Å². The maximum atomic E-state index is 15.1. The lowest BCUT2D eigenvalue weighted by Crippen LogP contribution is -2.48. The molecule has 0 spiro atoms. The molecular formula is C24H22F3N3O6S. The van der Waals surface area contributed by atoms with Gasteiger partial charge in [0.15, 0.2) is 23.1 Å². The van der Waals surface area contributed by atoms with E-state index in [0.717, 1.165) is 35.6 Å². The van der Waals surface area contributed by atoms with Crippen LogP contribution in [0.5, 0.6) is 5.75 Å². The molecule has 0 radical (unpaired) electrons. The Labute approximate surface area is 209 Å². The number of H-pyrrole nitrogens is 1. The van der Waals surface area contributed by atoms with Crippen molar-refractivity contribution >= 4 is 16.0 Å². The highest BCUT2D eigenvalue weighted by Crippen LogP contribution is 2.39. The van der Waals surface area contributed by atoms with Crippen molar-refractivity contribution in [3.63, 3.8) is 0 Å². The number of rotatable bonds is 7. The number of nitrogens with one attached hydrogen (secondary N) is 1. The van der Waals surface area contributed by atoms with E-state index in [-0.39, 0.29) is 24.1 Å². The number of carbonyl (C=O) groups is 1. The summed E-state index contributed by atoms with van der Waals surface area (Å²) in [7, 11) is -4.23. The lowest BCUT2D eigenvalue weighted by Gasteiger charge is -2.36. The predicted octanol–water partition coefficient (Wildman–Crippen LogP) is 2.67. The van der Waals surface area contributed by atoms with Gasteiger partial charge in [-0.2, -0.15) is 13.5 Å². The summed E-state index contributed by atoms with van der Waals surface area (Å²) in [5.74, 6) is -6.05. The Morgan fingerprint density at radius 1 is 1.19 bits per heavy atom. The highest BCUT2D eigenvalue weighted by Gasteiger charge is 2.44. The van der Waals surface area contributed by atoms with E-state index in [1.807, 2.05) is 0 Å². The van der Waals surface area contributed by atoms with Gasteiger partial charge in [0.1, 0.15) is 11.9 Å². The van der Waals surface area contributed by atoms with Gasteiger partial charge >= 0.3 is 0 Å². The van der Waals surface area contributed by atoms with Crippen molar-refractivity contribution in [2.75, 3.05) is 12.8 Å². The van der Waals surface area contributed by atoms with Crippen molar-refractivity contribution in [3.05, 3.63) is 93.2 Å². The van der Waals surface area contributed by atoms with Gasteiger partial charge in [-0.3, -0.25) is 18.9 Å². The van der Waals surface area contributed by atoms with Gasteiger partial charge in [0.2, 0.25) is 0 Å². The molecule has 0 bridgehead atoms. The first-order chi connectivity index (χ1) is 17.5. The second-order valence-electron chi connectivity index (χ2n) is 8.59. The van der Waals surface area contributed by atoms with E-state index >= 15 is 4.39 Å². The summed E-state index contributed by atoms with van der Waals surface area (Å²) in [5.41, 5.74) is -1.75. The minimum atomic E-state index is -4.23. The minimum absolute atomic E-state index is 0.0612. The number of aromatic nitrogens is 2. The zero-order valence-corrected chi connectivity index (χ0v) is 20.2. The molecule has 3 atom stereocenters. The van der Waals surface area contributed by atoms with E-state index in [4.69, 9.17) is 4.18 Å². The zero-order valence-electron chi connectivity index (χ0n) is 19.4. The number of carbonyl (C=O) groups excluding carboxylic acids is 1. The van der Waals surface area contributed by atoms with Crippen LogP contribution in [0.25, 0.3) is 0 Å². The number of benzene rings is 2. The third kappa shape index (κ3) is 5.52. The van der Waals surface area contributed by atoms with E-state index in [1.165, 1.54) is 24.3 Å². The first kappa shape index (κ1) is 26.4. The summed E-state index contributed by atoms with van der Waals surface area (Å²) in [6.45, 7) is 0.0612. The fourth-order valence-corrected chi connectivity index (χ4v) is 5.23. The monoisotopic (exact) mass is 537 g/mol. The van der Waals surface area contributed by atoms with E-state index in [9.17, 15) is 31.9 Å². The molecule has 2 aromatic carbocycles. The van der Waals surface area contributed by atoms with Crippen molar-refractivity contribution in [1.82, 2.24) is 15.1 Å². The normalized spacial score (nSPS) is 17.5. The van der Waals surface area contributed by atoms with Crippen molar-refractivity contribution in [3.8, 4) is 5.75 Å². The van der Waals surface area contributed by atoms with Gasteiger partial charge in [-0.1, -0.05) is 24.3 Å². The number of nitrogens with zero attached hydrogens (tertiary/aromatic N) is 2. The molecule has 3 aromatic rings. The molecule has 0 saturated carbocycles. The second-order valence-corrected chi connectivity index (χ2v) is 10.2. The van der Waals surface area contributed by atoms with Crippen molar-refractivity contribution in [2.45, 2.75) is 30.9 Å². The molecule has 2 heterocycles. The van der Waals surface area contributed by atoms with Crippen LogP contribution in [-0.2, 0) is 14.3 Å². The maximum absolute atomic E-state index is 15.1. The Hall–Kier alpha value is -3.71. The largest absolute Gasteiger partial charge is 0.503 e. The van der Waals surface area contributed by atoms with E-state index < -0.39 is 68.4 Å². The number of hydrogen-bond acceptors (Lipinski definition) is 7. The first-order valence-corrected chi connectivity index (χ1v) is 12.9. The topological polar surface area (TPSA) is 130 Å². The molecule has 1 aliphatic rings. The highest BCUT2D eigenvalue weighted by atomic mass is 32.2. The van der Waals surface area contributed by atoms with Gasteiger partial charge in [0.25, 0.3) is 21.5 Å². The molecule has 2 unspecified atom stereocenters. The first-order valence-electron chi connectivity index (χ1n) is 11.1. The van der Waals surface area contributed by atoms with E-state index in [0.29, 0.717) is 6.42 Å². The second kappa shape index (κ2) is 10.3. The van der Waals surface area contributed by atoms with Crippen LogP contribution in [0.4, 0.5) is 13.2 Å². The van der Waals surface area contributed by atoms with Gasteiger partial charge in [-0.15, -0.1) is 0 Å². The maximum Gasteiger partial charge on any atom is 0.278 e. The third-order valence-electron chi connectivity index (χ3n) is 6.13. The molecule has 1 aromatic heterocycles. The van der Waals surface area contributed by atoms with Gasteiger partial charge < -0.3 is 10.0 Å². The Morgan fingerprint density at radius 3 is 2.57 bits per heavy atom. The van der Waals surface area contributed by atoms with Crippen LogP contribution in [0.3, 0.4) is 0 Å². The van der Waals surface area contributed by atoms with Crippen LogP contribution in [0.1, 0.15) is 40.4 Å².